The van der Waals surface area contributed by atoms with Crippen LogP contribution in [-0.4, -0.2) is 53.0 Å². The molecule has 0 unspecified atom stereocenters. The second kappa shape index (κ2) is 8.22. The van der Waals surface area contributed by atoms with Gasteiger partial charge in [-0.2, -0.15) is 0 Å². The van der Waals surface area contributed by atoms with Crippen LogP contribution in [0.3, 0.4) is 0 Å². The Bertz CT molecular complexity index is 846. The lowest BCUT2D eigenvalue weighted by Gasteiger charge is -2.34. The van der Waals surface area contributed by atoms with E-state index in [1.54, 1.807) is 24.7 Å². The van der Waals surface area contributed by atoms with Crippen molar-refractivity contribution >= 4 is 34.7 Å². The maximum atomic E-state index is 12.5. The van der Waals surface area contributed by atoms with Gasteiger partial charge >= 0.3 is 0 Å². The van der Waals surface area contributed by atoms with Crippen molar-refractivity contribution in [1.29, 1.82) is 0 Å². The van der Waals surface area contributed by atoms with E-state index >= 15 is 0 Å². The molecule has 0 bridgehead atoms. The molecule has 2 aliphatic heterocycles. The molecule has 0 saturated carbocycles. The van der Waals surface area contributed by atoms with Crippen LogP contribution >= 0.6 is 11.6 Å². The highest BCUT2D eigenvalue weighted by Crippen LogP contribution is 2.29. The van der Waals surface area contributed by atoms with Crippen LogP contribution in [0.25, 0.3) is 0 Å². The molecule has 148 valence electrons. The number of nitrogens with two attached hydrogens (primary N) is 1. The predicted molar refractivity (Wildman–Crippen MR) is 112 cm³/mol. The summed E-state index contributed by atoms with van der Waals surface area (Å²) in [7, 11) is 0. The van der Waals surface area contributed by atoms with Crippen LogP contribution in [0.4, 0.5) is 17.2 Å². The van der Waals surface area contributed by atoms with Gasteiger partial charge in [0.2, 0.25) is 0 Å². The predicted octanol–water partition coefficient (Wildman–Crippen LogP) is 3.03. The molecule has 4 rings (SSSR count). The monoisotopic (exact) mass is 400 g/mol. The molecular formula is C20H25ClN6O. The highest BCUT2D eigenvalue weighted by Gasteiger charge is 2.24. The first kappa shape index (κ1) is 18.8. The second-order valence-corrected chi connectivity index (χ2v) is 7.80. The van der Waals surface area contributed by atoms with Crippen molar-refractivity contribution in [3.8, 4) is 0 Å². The van der Waals surface area contributed by atoms with Crippen LogP contribution in [0.5, 0.6) is 0 Å². The molecule has 7 nitrogen and oxygen atoms in total. The third-order valence-electron chi connectivity index (χ3n) is 5.47. The van der Waals surface area contributed by atoms with E-state index in [1.165, 1.54) is 0 Å². The number of nitrogen functional groups attached to an aromatic ring is 1. The zero-order valence-electron chi connectivity index (χ0n) is 15.8. The molecule has 0 radical (unpaired) electrons. The van der Waals surface area contributed by atoms with E-state index in [0.29, 0.717) is 22.3 Å². The Kier molecular flexibility index (Phi) is 5.52. The molecule has 1 amide bonds. The van der Waals surface area contributed by atoms with Crippen LogP contribution in [0.15, 0.2) is 30.7 Å². The smallest absolute Gasteiger partial charge is 0.255 e. The summed E-state index contributed by atoms with van der Waals surface area (Å²) in [6.45, 7) is 3.32. The number of carbonyl (C=O) groups is 1. The Labute approximate surface area is 169 Å². The van der Waals surface area contributed by atoms with Crippen LogP contribution in [0.1, 0.15) is 36.0 Å². The van der Waals surface area contributed by atoms with Gasteiger partial charge in [0.1, 0.15) is 5.82 Å². The van der Waals surface area contributed by atoms with Gasteiger partial charge in [0.25, 0.3) is 5.91 Å². The largest absolute Gasteiger partial charge is 0.396 e. The standard InChI is InChI=1S/C20H25ClN6O/c21-16-11-14(20(28)27-7-1-2-8-27)12-24-19(16)26-9-4-15(5-10-26)25-18-3-6-23-13-17(18)22/h3,6,11-13,15H,1-2,4-5,7-10,22H2,(H,23,25). The summed E-state index contributed by atoms with van der Waals surface area (Å²) in [5, 5.41) is 4.03. The lowest BCUT2D eigenvalue weighted by atomic mass is 10.0. The van der Waals surface area contributed by atoms with Crippen molar-refractivity contribution in [1.82, 2.24) is 14.9 Å². The fourth-order valence-corrected chi connectivity index (χ4v) is 4.16. The molecule has 0 spiro atoms. The first-order valence-corrected chi connectivity index (χ1v) is 10.2. The van der Waals surface area contributed by atoms with Crippen molar-refractivity contribution in [2.24, 2.45) is 0 Å². The Hall–Kier alpha value is -2.54. The number of halogens is 1. The molecule has 2 aromatic heterocycles. The van der Waals surface area contributed by atoms with Gasteiger partial charge in [-0.3, -0.25) is 9.78 Å². The van der Waals surface area contributed by atoms with Crippen LogP contribution in [-0.2, 0) is 0 Å². The van der Waals surface area contributed by atoms with Crippen LogP contribution in [0, 0.1) is 0 Å². The summed E-state index contributed by atoms with van der Waals surface area (Å²) >= 11 is 6.49. The Morgan fingerprint density at radius 2 is 1.93 bits per heavy atom. The number of aromatic nitrogens is 2. The summed E-state index contributed by atoms with van der Waals surface area (Å²) in [5.41, 5.74) is 8.12. The molecule has 2 aliphatic rings. The van der Waals surface area contributed by atoms with Crippen molar-refractivity contribution in [2.75, 3.05) is 42.1 Å². The van der Waals surface area contributed by atoms with Crippen molar-refractivity contribution in [3.05, 3.63) is 41.3 Å². The van der Waals surface area contributed by atoms with Gasteiger partial charge in [-0.1, -0.05) is 11.6 Å². The SMILES string of the molecule is Nc1cnccc1NC1CCN(c2ncc(C(=O)N3CCCC3)cc2Cl)CC1. The topological polar surface area (TPSA) is 87.4 Å². The fraction of sp³-hybridized carbons (Fsp3) is 0.450. The minimum Gasteiger partial charge on any atom is -0.396 e. The molecule has 0 aromatic carbocycles. The van der Waals surface area contributed by atoms with Gasteiger partial charge in [-0.25, -0.2) is 4.98 Å². The van der Waals surface area contributed by atoms with Gasteiger partial charge in [-0.15, -0.1) is 0 Å². The molecule has 2 saturated heterocycles. The molecule has 4 heterocycles. The number of likely N-dealkylation sites (tertiary alicyclic amines) is 1. The van der Waals surface area contributed by atoms with E-state index in [0.717, 1.165) is 63.4 Å². The van der Waals surface area contributed by atoms with E-state index in [-0.39, 0.29) is 5.91 Å². The quantitative estimate of drug-likeness (QED) is 0.820. The average molecular weight is 401 g/mol. The minimum atomic E-state index is 0.0243. The normalized spacial score (nSPS) is 17.8. The molecule has 2 aromatic rings. The lowest BCUT2D eigenvalue weighted by Crippen LogP contribution is -2.39. The number of carbonyl (C=O) groups excluding carboxylic acids is 1. The first-order chi connectivity index (χ1) is 13.6. The van der Waals surface area contributed by atoms with E-state index in [9.17, 15) is 4.79 Å². The second-order valence-electron chi connectivity index (χ2n) is 7.40. The van der Waals surface area contributed by atoms with Gasteiger partial charge in [0.15, 0.2) is 0 Å². The van der Waals surface area contributed by atoms with Gasteiger partial charge in [0.05, 0.1) is 28.2 Å². The molecule has 2 fully saturated rings. The molecule has 0 atom stereocenters. The van der Waals surface area contributed by atoms with Crippen LogP contribution in [0.2, 0.25) is 5.02 Å². The van der Waals surface area contributed by atoms with E-state index < -0.39 is 0 Å². The molecule has 0 aliphatic carbocycles. The summed E-state index contributed by atoms with van der Waals surface area (Å²) < 4.78 is 0. The summed E-state index contributed by atoms with van der Waals surface area (Å²) in [6.07, 6.45) is 9.10. The number of piperidine rings is 1. The fourth-order valence-electron chi connectivity index (χ4n) is 3.88. The maximum Gasteiger partial charge on any atom is 0.255 e. The zero-order valence-corrected chi connectivity index (χ0v) is 16.5. The highest BCUT2D eigenvalue weighted by molar-refractivity contribution is 6.33. The number of hydrogen-bond acceptors (Lipinski definition) is 6. The van der Waals surface area contributed by atoms with E-state index in [2.05, 4.69) is 20.2 Å². The van der Waals surface area contributed by atoms with Crippen molar-refractivity contribution in [3.63, 3.8) is 0 Å². The van der Waals surface area contributed by atoms with Gasteiger partial charge in [0, 0.05) is 44.6 Å². The van der Waals surface area contributed by atoms with E-state index in [1.807, 2.05) is 11.0 Å². The van der Waals surface area contributed by atoms with Crippen molar-refractivity contribution < 1.29 is 4.79 Å². The summed E-state index contributed by atoms with van der Waals surface area (Å²) in [6, 6.07) is 4.00. The summed E-state index contributed by atoms with van der Waals surface area (Å²) in [4.78, 5) is 25.1. The van der Waals surface area contributed by atoms with E-state index in [4.69, 9.17) is 17.3 Å². The van der Waals surface area contributed by atoms with Crippen molar-refractivity contribution in [2.45, 2.75) is 31.7 Å². The Morgan fingerprint density at radius 3 is 2.61 bits per heavy atom. The van der Waals surface area contributed by atoms with Gasteiger partial charge in [-0.05, 0) is 37.8 Å². The molecule has 8 heteroatoms. The molecule has 3 N–H and O–H groups in total. The number of amides is 1. The Morgan fingerprint density at radius 1 is 1.18 bits per heavy atom. The third-order valence-corrected chi connectivity index (χ3v) is 5.75. The third kappa shape index (κ3) is 3.99. The molecular weight excluding hydrogens is 376 g/mol. The molecule has 28 heavy (non-hydrogen) atoms. The minimum absolute atomic E-state index is 0.0243. The van der Waals surface area contributed by atoms with Gasteiger partial charge < -0.3 is 20.9 Å². The number of anilines is 3. The summed E-state index contributed by atoms with van der Waals surface area (Å²) in [5.74, 6) is 0.776. The number of nitrogens with zero attached hydrogens (tertiary/aromatic N) is 4. The number of pyridine rings is 2. The Balaban J connectivity index is 1.38. The first-order valence-electron chi connectivity index (χ1n) is 9.77. The highest BCUT2D eigenvalue weighted by atomic mass is 35.5. The number of rotatable bonds is 4. The average Bonchev–Trinajstić information content (AvgIpc) is 3.25. The maximum absolute atomic E-state index is 12.5. The number of hydrogen-bond donors (Lipinski definition) is 2. The zero-order chi connectivity index (χ0) is 19.5. The lowest BCUT2D eigenvalue weighted by molar-refractivity contribution is 0.0792. The number of nitrogens with one attached hydrogen (secondary N) is 1. The van der Waals surface area contributed by atoms with Crippen LogP contribution < -0.4 is 16.0 Å².